The Morgan fingerprint density at radius 1 is 1.43 bits per heavy atom. The van der Waals surface area contributed by atoms with Crippen LogP contribution in [0.2, 0.25) is 0 Å². The molecular formula is C15H20F3N3OS. The number of halogens is 3. The summed E-state index contributed by atoms with van der Waals surface area (Å²) in [7, 11) is 3.44. The van der Waals surface area contributed by atoms with Gasteiger partial charge >= 0.3 is 6.18 Å². The van der Waals surface area contributed by atoms with Crippen LogP contribution in [0.4, 0.5) is 24.5 Å². The van der Waals surface area contributed by atoms with Crippen LogP contribution in [0.1, 0.15) is 12.0 Å². The van der Waals surface area contributed by atoms with Crippen molar-refractivity contribution in [1.82, 2.24) is 5.32 Å². The molecular weight excluding hydrogens is 327 g/mol. The molecule has 1 heterocycles. The third-order valence-corrected chi connectivity index (χ3v) is 4.64. The Labute approximate surface area is 137 Å². The molecule has 1 unspecified atom stereocenters. The molecule has 0 aliphatic carbocycles. The summed E-state index contributed by atoms with van der Waals surface area (Å²) in [5.74, 6) is 1.56. The number of thioether (sulfide) groups is 1. The fourth-order valence-corrected chi connectivity index (χ4v) is 3.33. The number of alkyl halides is 3. The van der Waals surface area contributed by atoms with Crippen LogP contribution in [0, 0.1) is 0 Å². The Hall–Kier alpha value is -1.41. The van der Waals surface area contributed by atoms with Gasteiger partial charge in [0.15, 0.2) is 0 Å². The molecule has 2 rings (SSSR count). The number of nitrogens with one attached hydrogen (secondary N) is 2. The molecule has 0 radical (unpaired) electrons. The van der Waals surface area contributed by atoms with Crippen molar-refractivity contribution >= 4 is 29.0 Å². The van der Waals surface area contributed by atoms with E-state index in [0.29, 0.717) is 5.69 Å². The van der Waals surface area contributed by atoms with E-state index >= 15 is 0 Å². The Kier molecular flexibility index (Phi) is 5.80. The molecule has 0 aromatic heterocycles. The van der Waals surface area contributed by atoms with Crippen molar-refractivity contribution in [1.29, 1.82) is 0 Å². The number of hydrogen-bond acceptors (Lipinski definition) is 4. The third kappa shape index (κ3) is 5.04. The van der Waals surface area contributed by atoms with E-state index in [1.54, 1.807) is 30.8 Å². The minimum absolute atomic E-state index is 0.0577. The minimum atomic E-state index is -4.44. The van der Waals surface area contributed by atoms with Crippen LogP contribution in [0.25, 0.3) is 0 Å². The Bertz CT molecular complexity index is 557. The highest BCUT2D eigenvalue weighted by molar-refractivity contribution is 7.99. The first-order valence-corrected chi connectivity index (χ1v) is 8.42. The fourth-order valence-electron chi connectivity index (χ4n) is 2.38. The maximum absolute atomic E-state index is 12.9. The van der Waals surface area contributed by atoms with Crippen LogP contribution >= 0.6 is 11.8 Å². The number of nitrogens with zero attached hydrogens (tertiary/aromatic N) is 1. The van der Waals surface area contributed by atoms with E-state index in [0.717, 1.165) is 30.2 Å². The Morgan fingerprint density at radius 3 is 2.74 bits per heavy atom. The van der Waals surface area contributed by atoms with Gasteiger partial charge in [-0.2, -0.15) is 24.9 Å². The highest BCUT2D eigenvalue weighted by Gasteiger charge is 2.31. The van der Waals surface area contributed by atoms with Crippen LogP contribution in [-0.4, -0.2) is 44.1 Å². The number of carbonyl (C=O) groups excluding carboxylic acids is 1. The standard InChI is InChI=1S/C15H20F3N3OS/c1-21(2)13-4-3-10(15(16,17)18)7-12(13)20-14(22)8-11-9-23-6-5-19-11/h3-4,7,11,19H,5-6,8-9H2,1-2H3,(H,20,22). The van der Waals surface area contributed by atoms with E-state index in [4.69, 9.17) is 0 Å². The van der Waals surface area contributed by atoms with Gasteiger partial charge in [0.1, 0.15) is 0 Å². The van der Waals surface area contributed by atoms with Crippen molar-refractivity contribution in [2.75, 3.05) is 42.4 Å². The first-order valence-electron chi connectivity index (χ1n) is 7.27. The zero-order valence-electron chi connectivity index (χ0n) is 13.0. The van der Waals surface area contributed by atoms with Crippen LogP contribution in [0.15, 0.2) is 18.2 Å². The summed E-state index contributed by atoms with van der Waals surface area (Å²) in [6.07, 6.45) is -4.19. The highest BCUT2D eigenvalue weighted by Crippen LogP contribution is 2.35. The molecule has 1 aromatic rings. The van der Waals surface area contributed by atoms with E-state index in [1.165, 1.54) is 6.07 Å². The van der Waals surface area contributed by atoms with Gasteiger partial charge in [-0.1, -0.05) is 0 Å². The predicted molar refractivity (Wildman–Crippen MR) is 88.1 cm³/mol. The van der Waals surface area contributed by atoms with Gasteiger partial charge < -0.3 is 15.5 Å². The molecule has 23 heavy (non-hydrogen) atoms. The van der Waals surface area contributed by atoms with Crippen LogP contribution in [0.5, 0.6) is 0 Å². The lowest BCUT2D eigenvalue weighted by Crippen LogP contribution is -2.40. The summed E-state index contributed by atoms with van der Waals surface area (Å²) in [5.41, 5.74) is -0.0552. The molecule has 1 aliphatic rings. The van der Waals surface area contributed by atoms with E-state index in [9.17, 15) is 18.0 Å². The van der Waals surface area contributed by atoms with E-state index in [1.807, 2.05) is 0 Å². The van der Waals surface area contributed by atoms with Crippen LogP contribution in [-0.2, 0) is 11.0 Å². The summed E-state index contributed by atoms with van der Waals surface area (Å²) in [5, 5.41) is 5.86. The molecule has 1 aromatic carbocycles. The summed E-state index contributed by atoms with van der Waals surface area (Å²) < 4.78 is 38.6. The van der Waals surface area contributed by atoms with Gasteiger partial charge in [-0.3, -0.25) is 4.79 Å². The molecule has 1 amide bonds. The second-order valence-corrected chi connectivity index (χ2v) is 6.75. The maximum Gasteiger partial charge on any atom is 0.416 e. The largest absolute Gasteiger partial charge is 0.416 e. The zero-order chi connectivity index (χ0) is 17.0. The zero-order valence-corrected chi connectivity index (χ0v) is 13.9. The molecule has 0 bridgehead atoms. The number of rotatable bonds is 4. The Morgan fingerprint density at radius 2 is 2.17 bits per heavy atom. The lowest BCUT2D eigenvalue weighted by Gasteiger charge is -2.24. The molecule has 128 valence electrons. The normalized spacial score (nSPS) is 18.6. The maximum atomic E-state index is 12.9. The summed E-state index contributed by atoms with van der Waals surface area (Å²) in [6.45, 7) is 0.842. The van der Waals surface area contributed by atoms with Gasteiger partial charge in [0.2, 0.25) is 5.91 Å². The Balaban J connectivity index is 2.13. The number of amides is 1. The van der Waals surface area contributed by atoms with E-state index < -0.39 is 11.7 Å². The molecule has 0 saturated carbocycles. The first kappa shape index (κ1) is 17.9. The van der Waals surface area contributed by atoms with E-state index in [2.05, 4.69) is 10.6 Å². The molecule has 1 aliphatic heterocycles. The minimum Gasteiger partial charge on any atom is -0.376 e. The van der Waals surface area contributed by atoms with Gasteiger partial charge in [-0.25, -0.2) is 0 Å². The molecule has 4 nitrogen and oxygen atoms in total. The quantitative estimate of drug-likeness (QED) is 0.879. The molecule has 2 N–H and O–H groups in total. The molecule has 8 heteroatoms. The monoisotopic (exact) mass is 347 g/mol. The molecule has 1 atom stereocenters. The van der Waals surface area contributed by atoms with Gasteiger partial charge in [0, 0.05) is 44.6 Å². The van der Waals surface area contributed by atoms with Crippen molar-refractivity contribution in [3.8, 4) is 0 Å². The lowest BCUT2D eigenvalue weighted by molar-refractivity contribution is -0.137. The molecule has 0 spiro atoms. The second kappa shape index (κ2) is 7.44. The topological polar surface area (TPSA) is 44.4 Å². The predicted octanol–water partition coefficient (Wildman–Crippen LogP) is 2.81. The summed E-state index contributed by atoms with van der Waals surface area (Å²) in [6, 6.07) is 3.43. The van der Waals surface area contributed by atoms with Crippen molar-refractivity contribution in [2.45, 2.75) is 18.6 Å². The second-order valence-electron chi connectivity index (χ2n) is 5.60. The summed E-state index contributed by atoms with van der Waals surface area (Å²) in [4.78, 5) is 13.8. The lowest BCUT2D eigenvalue weighted by atomic mass is 10.1. The third-order valence-electron chi connectivity index (χ3n) is 3.51. The van der Waals surface area contributed by atoms with Gasteiger partial charge in [0.05, 0.1) is 16.9 Å². The van der Waals surface area contributed by atoms with Crippen LogP contribution < -0.4 is 15.5 Å². The van der Waals surface area contributed by atoms with Crippen LogP contribution in [0.3, 0.4) is 0 Å². The van der Waals surface area contributed by atoms with Gasteiger partial charge in [-0.15, -0.1) is 0 Å². The number of benzene rings is 1. The number of hydrogen-bond donors (Lipinski definition) is 2. The van der Waals surface area contributed by atoms with Crippen molar-refractivity contribution in [2.24, 2.45) is 0 Å². The fraction of sp³-hybridized carbons (Fsp3) is 0.533. The molecule has 1 saturated heterocycles. The van der Waals surface area contributed by atoms with Crippen molar-refractivity contribution in [3.05, 3.63) is 23.8 Å². The number of anilines is 2. The average molecular weight is 347 g/mol. The van der Waals surface area contributed by atoms with Crippen molar-refractivity contribution in [3.63, 3.8) is 0 Å². The first-order chi connectivity index (χ1) is 10.8. The summed E-state index contributed by atoms with van der Waals surface area (Å²) >= 11 is 1.77. The smallest absolute Gasteiger partial charge is 0.376 e. The molecule has 1 fully saturated rings. The SMILES string of the molecule is CN(C)c1ccc(C(F)(F)F)cc1NC(=O)CC1CSCCN1. The van der Waals surface area contributed by atoms with Gasteiger partial charge in [-0.05, 0) is 18.2 Å². The van der Waals surface area contributed by atoms with Gasteiger partial charge in [0.25, 0.3) is 0 Å². The van der Waals surface area contributed by atoms with E-state index in [-0.39, 0.29) is 24.1 Å². The average Bonchev–Trinajstić information content (AvgIpc) is 2.46. The number of carbonyl (C=O) groups is 1. The van der Waals surface area contributed by atoms with Crippen molar-refractivity contribution < 1.29 is 18.0 Å². The highest BCUT2D eigenvalue weighted by atomic mass is 32.2.